The van der Waals surface area contributed by atoms with Crippen LogP contribution in [-0.4, -0.2) is 48.8 Å². The molecule has 0 N–H and O–H groups in total. The van der Waals surface area contributed by atoms with Crippen LogP contribution in [-0.2, 0) is 4.74 Å². The number of likely N-dealkylation sites (tertiary alicyclic amines) is 1. The van der Waals surface area contributed by atoms with Gasteiger partial charge in [0.1, 0.15) is 0 Å². The third kappa shape index (κ3) is 1.97. The van der Waals surface area contributed by atoms with Crippen LogP contribution in [0.4, 0.5) is 4.39 Å². The monoisotopic (exact) mass is 252 g/mol. The molecule has 2 fully saturated rings. The second-order valence-corrected chi connectivity index (χ2v) is 5.17. The highest BCUT2D eigenvalue weighted by Crippen LogP contribution is 2.39. The first-order valence-electron chi connectivity index (χ1n) is 6.25. The van der Waals surface area contributed by atoms with Gasteiger partial charge in [-0.25, -0.2) is 9.37 Å². The van der Waals surface area contributed by atoms with Crippen LogP contribution < -0.4 is 4.74 Å². The van der Waals surface area contributed by atoms with Gasteiger partial charge in [-0.2, -0.15) is 0 Å². The molecule has 0 saturated carbocycles. The van der Waals surface area contributed by atoms with Crippen molar-refractivity contribution in [2.45, 2.75) is 12.0 Å². The molecule has 1 aromatic heterocycles. The van der Waals surface area contributed by atoms with Crippen molar-refractivity contribution in [3.05, 3.63) is 24.1 Å². The summed E-state index contributed by atoms with van der Waals surface area (Å²) in [6.45, 7) is 3.12. The summed E-state index contributed by atoms with van der Waals surface area (Å²) in [5.74, 6) is 0.0125. The first kappa shape index (κ1) is 11.9. The van der Waals surface area contributed by atoms with Crippen molar-refractivity contribution in [3.8, 4) is 5.88 Å². The number of hydrogen-bond acceptors (Lipinski definition) is 4. The van der Waals surface area contributed by atoms with E-state index in [0.29, 0.717) is 12.5 Å². The molecule has 3 heterocycles. The minimum absolute atomic E-state index is 0.0694. The van der Waals surface area contributed by atoms with Crippen molar-refractivity contribution in [2.24, 2.45) is 5.92 Å². The van der Waals surface area contributed by atoms with Gasteiger partial charge >= 0.3 is 0 Å². The van der Waals surface area contributed by atoms with E-state index in [1.807, 2.05) is 0 Å². The van der Waals surface area contributed by atoms with Crippen LogP contribution in [0.2, 0.25) is 0 Å². The molecule has 3 rings (SSSR count). The first-order chi connectivity index (χ1) is 8.70. The van der Waals surface area contributed by atoms with E-state index in [4.69, 9.17) is 9.47 Å². The molecular formula is C13H17FN2O2. The van der Waals surface area contributed by atoms with E-state index in [1.54, 1.807) is 6.07 Å². The van der Waals surface area contributed by atoms with Gasteiger partial charge in [0.15, 0.2) is 5.82 Å². The van der Waals surface area contributed by atoms with Gasteiger partial charge in [-0.05, 0) is 25.6 Å². The molecule has 0 bridgehead atoms. The number of halogens is 1. The SMILES string of the molecule is CN1CC2(C1)OCCC2COc1ncccc1F. The maximum Gasteiger partial charge on any atom is 0.250 e. The standard InChI is InChI=1S/C13H17FN2O2/c1-16-8-13(9-16)10(4-6-18-13)7-17-12-11(14)3-2-5-15-12/h2-3,5,10H,4,6-9H2,1H3. The molecule has 0 radical (unpaired) electrons. The zero-order chi connectivity index (χ0) is 12.6. The molecule has 0 amide bonds. The summed E-state index contributed by atoms with van der Waals surface area (Å²) in [4.78, 5) is 6.12. The Hall–Kier alpha value is -1.20. The van der Waals surface area contributed by atoms with Crippen molar-refractivity contribution >= 4 is 0 Å². The first-order valence-corrected chi connectivity index (χ1v) is 6.25. The fraction of sp³-hybridized carbons (Fsp3) is 0.615. The molecule has 0 aliphatic carbocycles. The minimum Gasteiger partial charge on any atom is -0.475 e. The van der Waals surface area contributed by atoms with Gasteiger partial charge in [0.25, 0.3) is 0 Å². The van der Waals surface area contributed by atoms with Crippen molar-refractivity contribution in [2.75, 3.05) is 33.4 Å². The van der Waals surface area contributed by atoms with Gasteiger partial charge in [-0.15, -0.1) is 0 Å². The highest BCUT2D eigenvalue weighted by molar-refractivity contribution is 5.13. The Kier molecular flexibility index (Phi) is 2.95. The van der Waals surface area contributed by atoms with Crippen LogP contribution in [0.1, 0.15) is 6.42 Å². The van der Waals surface area contributed by atoms with E-state index in [1.165, 1.54) is 12.3 Å². The average Bonchev–Trinajstić information content (AvgIpc) is 2.72. The Morgan fingerprint density at radius 3 is 3.17 bits per heavy atom. The Morgan fingerprint density at radius 2 is 2.44 bits per heavy atom. The van der Waals surface area contributed by atoms with Gasteiger partial charge in [0.05, 0.1) is 12.2 Å². The summed E-state index contributed by atoms with van der Waals surface area (Å²) in [5.41, 5.74) is -0.0694. The quantitative estimate of drug-likeness (QED) is 0.812. The zero-order valence-corrected chi connectivity index (χ0v) is 10.4. The van der Waals surface area contributed by atoms with Gasteiger partial charge in [0.2, 0.25) is 5.88 Å². The second kappa shape index (κ2) is 4.48. The number of ether oxygens (including phenoxy) is 2. The summed E-state index contributed by atoms with van der Waals surface area (Å²) in [7, 11) is 2.07. The Morgan fingerprint density at radius 1 is 1.61 bits per heavy atom. The van der Waals surface area contributed by atoms with Crippen molar-refractivity contribution in [1.82, 2.24) is 9.88 Å². The normalized spacial score (nSPS) is 26.2. The lowest BCUT2D eigenvalue weighted by Gasteiger charge is -2.48. The van der Waals surface area contributed by atoms with Crippen molar-refractivity contribution < 1.29 is 13.9 Å². The number of nitrogens with zero attached hydrogens (tertiary/aromatic N) is 2. The predicted molar refractivity (Wildman–Crippen MR) is 64.0 cm³/mol. The van der Waals surface area contributed by atoms with E-state index < -0.39 is 5.82 Å². The zero-order valence-electron chi connectivity index (χ0n) is 10.4. The molecule has 4 nitrogen and oxygen atoms in total. The van der Waals surface area contributed by atoms with E-state index in [0.717, 1.165) is 26.1 Å². The summed E-state index contributed by atoms with van der Waals surface area (Å²) in [6.07, 6.45) is 2.51. The maximum atomic E-state index is 13.4. The Bertz CT molecular complexity index is 435. The largest absolute Gasteiger partial charge is 0.475 e. The Labute approximate surface area is 106 Å². The number of rotatable bonds is 3. The summed E-state index contributed by atoms with van der Waals surface area (Å²) >= 11 is 0. The fourth-order valence-electron chi connectivity index (χ4n) is 2.89. The predicted octanol–water partition coefficient (Wildman–Crippen LogP) is 1.32. The Balaban J connectivity index is 1.62. The van der Waals surface area contributed by atoms with Gasteiger partial charge in [-0.1, -0.05) is 0 Å². The maximum absolute atomic E-state index is 13.4. The van der Waals surface area contributed by atoms with Crippen LogP contribution >= 0.6 is 0 Å². The van der Waals surface area contributed by atoms with E-state index in [9.17, 15) is 4.39 Å². The van der Waals surface area contributed by atoms with E-state index in [2.05, 4.69) is 16.9 Å². The fourth-order valence-corrected chi connectivity index (χ4v) is 2.89. The molecule has 2 saturated heterocycles. The molecule has 18 heavy (non-hydrogen) atoms. The van der Waals surface area contributed by atoms with Crippen LogP contribution in [0.3, 0.4) is 0 Å². The lowest BCUT2D eigenvalue weighted by atomic mass is 9.82. The lowest BCUT2D eigenvalue weighted by Crippen LogP contribution is -2.63. The van der Waals surface area contributed by atoms with Gasteiger partial charge in [0, 0.05) is 31.8 Å². The summed E-state index contributed by atoms with van der Waals surface area (Å²) in [6, 6.07) is 2.92. The van der Waals surface area contributed by atoms with Gasteiger partial charge < -0.3 is 14.4 Å². The van der Waals surface area contributed by atoms with Crippen LogP contribution in [0.5, 0.6) is 5.88 Å². The van der Waals surface area contributed by atoms with Gasteiger partial charge in [-0.3, -0.25) is 0 Å². The molecule has 98 valence electrons. The number of aromatic nitrogens is 1. The van der Waals surface area contributed by atoms with Crippen LogP contribution in [0, 0.1) is 11.7 Å². The highest BCUT2D eigenvalue weighted by atomic mass is 19.1. The molecule has 1 unspecified atom stereocenters. The van der Waals surface area contributed by atoms with Crippen molar-refractivity contribution in [1.29, 1.82) is 0 Å². The molecule has 5 heteroatoms. The average molecular weight is 252 g/mol. The third-order valence-corrected chi connectivity index (χ3v) is 3.82. The van der Waals surface area contributed by atoms with E-state index >= 15 is 0 Å². The molecule has 1 spiro atoms. The third-order valence-electron chi connectivity index (χ3n) is 3.82. The number of pyridine rings is 1. The smallest absolute Gasteiger partial charge is 0.250 e. The molecule has 1 atom stereocenters. The minimum atomic E-state index is -0.406. The highest BCUT2D eigenvalue weighted by Gasteiger charge is 2.52. The summed E-state index contributed by atoms with van der Waals surface area (Å²) in [5, 5.41) is 0. The van der Waals surface area contributed by atoms with Crippen LogP contribution in [0.25, 0.3) is 0 Å². The van der Waals surface area contributed by atoms with Crippen LogP contribution in [0.15, 0.2) is 18.3 Å². The second-order valence-electron chi connectivity index (χ2n) is 5.17. The molecule has 1 aromatic rings. The molecule has 2 aliphatic rings. The summed E-state index contributed by atoms with van der Waals surface area (Å²) < 4.78 is 24.7. The molecule has 2 aliphatic heterocycles. The molecule has 0 aromatic carbocycles. The van der Waals surface area contributed by atoms with Crippen molar-refractivity contribution in [3.63, 3.8) is 0 Å². The van der Waals surface area contributed by atoms with E-state index in [-0.39, 0.29) is 11.5 Å². The molecular weight excluding hydrogens is 235 g/mol. The topological polar surface area (TPSA) is 34.6 Å². The number of hydrogen-bond donors (Lipinski definition) is 0. The lowest BCUT2D eigenvalue weighted by molar-refractivity contribution is -0.128. The number of likely N-dealkylation sites (N-methyl/N-ethyl adjacent to an activating group) is 1.